The Morgan fingerprint density at radius 2 is 2.05 bits per heavy atom. The van der Waals surface area contributed by atoms with E-state index in [1.807, 2.05) is 0 Å². The van der Waals surface area contributed by atoms with Gasteiger partial charge in [0.15, 0.2) is 5.76 Å². The molecule has 0 radical (unpaired) electrons. The fraction of sp³-hybridized carbons (Fsp3) is 0.438. The van der Waals surface area contributed by atoms with Gasteiger partial charge < -0.3 is 10.3 Å². The molecule has 100 valence electrons. The van der Waals surface area contributed by atoms with Crippen molar-refractivity contribution in [2.45, 2.75) is 38.5 Å². The minimum atomic E-state index is 0.0698. The van der Waals surface area contributed by atoms with Crippen molar-refractivity contribution in [2.24, 2.45) is 5.73 Å². The third kappa shape index (κ3) is 1.98. The van der Waals surface area contributed by atoms with Crippen LogP contribution in [0.2, 0.25) is 0 Å². The Labute approximate surface area is 113 Å². The van der Waals surface area contributed by atoms with E-state index >= 15 is 0 Å². The zero-order valence-electron chi connectivity index (χ0n) is 11.6. The molecule has 1 aliphatic carbocycles. The summed E-state index contributed by atoms with van der Waals surface area (Å²) in [6.45, 7) is 4.86. The van der Waals surface area contributed by atoms with Crippen LogP contribution in [0.25, 0.3) is 11.3 Å². The summed E-state index contributed by atoms with van der Waals surface area (Å²) < 4.78 is 5.55. The van der Waals surface area contributed by atoms with Crippen LogP contribution < -0.4 is 5.73 Å². The molecule has 0 aliphatic heterocycles. The van der Waals surface area contributed by atoms with Crippen molar-refractivity contribution < 1.29 is 4.52 Å². The first-order valence-corrected chi connectivity index (χ1v) is 6.89. The molecule has 1 aromatic heterocycles. The molecule has 3 heteroatoms. The summed E-state index contributed by atoms with van der Waals surface area (Å²) in [5.74, 6) is 0.854. The van der Waals surface area contributed by atoms with Crippen molar-refractivity contribution in [1.29, 1.82) is 0 Å². The van der Waals surface area contributed by atoms with Crippen LogP contribution in [-0.2, 0) is 5.41 Å². The number of rotatable bonds is 3. The van der Waals surface area contributed by atoms with E-state index in [-0.39, 0.29) is 5.41 Å². The summed E-state index contributed by atoms with van der Waals surface area (Å²) in [7, 11) is 0. The van der Waals surface area contributed by atoms with E-state index in [0.717, 1.165) is 29.9 Å². The predicted molar refractivity (Wildman–Crippen MR) is 76.0 cm³/mol. The van der Waals surface area contributed by atoms with Crippen molar-refractivity contribution in [2.75, 3.05) is 6.54 Å². The number of hydrogen-bond donors (Lipinski definition) is 1. The van der Waals surface area contributed by atoms with Crippen LogP contribution in [0.3, 0.4) is 0 Å². The Morgan fingerprint density at radius 1 is 1.26 bits per heavy atom. The monoisotopic (exact) mass is 256 g/mol. The first-order valence-electron chi connectivity index (χ1n) is 6.89. The zero-order valence-corrected chi connectivity index (χ0v) is 11.6. The number of benzene rings is 1. The minimum absolute atomic E-state index is 0.0698. The lowest BCUT2D eigenvalue weighted by Gasteiger charge is -2.38. The van der Waals surface area contributed by atoms with E-state index < -0.39 is 0 Å². The second-order valence-electron chi connectivity index (χ2n) is 5.73. The topological polar surface area (TPSA) is 52.0 Å². The third-order valence-electron chi connectivity index (χ3n) is 4.40. The Morgan fingerprint density at radius 3 is 2.63 bits per heavy atom. The molecule has 0 atom stereocenters. The molecule has 19 heavy (non-hydrogen) atoms. The van der Waals surface area contributed by atoms with Gasteiger partial charge in [-0.1, -0.05) is 35.3 Å². The quantitative estimate of drug-likeness (QED) is 0.916. The smallest absolute Gasteiger partial charge is 0.167 e. The molecule has 1 heterocycles. The zero-order chi connectivity index (χ0) is 13.5. The molecule has 2 N–H and O–H groups in total. The van der Waals surface area contributed by atoms with Gasteiger partial charge in [-0.25, -0.2) is 0 Å². The molecule has 1 aromatic carbocycles. The molecular formula is C16H20N2O. The largest absolute Gasteiger partial charge is 0.356 e. The van der Waals surface area contributed by atoms with E-state index in [1.54, 1.807) is 0 Å². The van der Waals surface area contributed by atoms with E-state index in [9.17, 15) is 0 Å². The van der Waals surface area contributed by atoms with Gasteiger partial charge in [-0.15, -0.1) is 0 Å². The number of hydrogen-bond acceptors (Lipinski definition) is 3. The van der Waals surface area contributed by atoms with Crippen molar-refractivity contribution in [1.82, 2.24) is 5.16 Å². The van der Waals surface area contributed by atoms with Crippen LogP contribution in [0, 0.1) is 13.8 Å². The summed E-state index contributed by atoms with van der Waals surface area (Å²) in [6.07, 6.45) is 3.49. The van der Waals surface area contributed by atoms with Crippen LogP contribution in [0.4, 0.5) is 0 Å². The summed E-state index contributed by atoms with van der Waals surface area (Å²) in [4.78, 5) is 0. The summed E-state index contributed by atoms with van der Waals surface area (Å²) >= 11 is 0. The van der Waals surface area contributed by atoms with E-state index in [1.165, 1.54) is 17.5 Å². The average Bonchev–Trinajstić information content (AvgIpc) is 2.78. The normalized spacial score (nSPS) is 17.2. The van der Waals surface area contributed by atoms with Gasteiger partial charge in [0.05, 0.1) is 5.69 Å². The highest BCUT2D eigenvalue weighted by atomic mass is 16.5. The fourth-order valence-corrected chi connectivity index (χ4v) is 2.91. The molecule has 0 saturated heterocycles. The number of aromatic nitrogens is 1. The van der Waals surface area contributed by atoms with Gasteiger partial charge in [0.1, 0.15) is 0 Å². The minimum Gasteiger partial charge on any atom is -0.356 e. The molecule has 2 aromatic rings. The Kier molecular flexibility index (Phi) is 2.94. The van der Waals surface area contributed by atoms with Crippen LogP contribution in [0.5, 0.6) is 0 Å². The van der Waals surface area contributed by atoms with Crippen molar-refractivity contribution in [3.8, 4) is 11.3 Å². The van der Waals surface area contributed by atoms with E-state index in [2.05, 4.69) is 43.3 Å². The molecule has 1 aliphatic rings. The highest BCUT2D eigenvalue weighted by molar-refractivity contribution is 5.62. The van der Waals surface area contributed by atoms with Crippen molar-refractivity contribution >= 4 is 0 Å². The lowest BCUT2D eigenvalue weighted by Crippen LogP contribution is -2.41. The fourth-order valence-electron chi connectivity index (χ4n) is 2.91. The molecule has 0 spiro atoms. The highest BCUT2D eigenvalue weighted by Crippen LogP contribution is 2.43. The van der Waals surface area contributed by atoms with E-state index in [0.29, 0.717) is 6.54 Å². The maximum atomic E-state index is 5.92. The molecule has 0 unspecified atom stereocenters. The molecule has 1 fully saturated rings. The molecular weight excluding hydrogens is 236 g/mol. The second kappa shape index (κ2) is 4.49. The van der Waals surface area contributed by atoms with Crippen LogP contribution in [-0.4, -0.2) is 11.7 Å². The van der Waals surface area contributed by atoms with Crippen molar-refractivity contribution in [3.63, 3.8) is 0 Å². The molecule has 3 nitrogen and oxygen atoms in total. The number of aryl methyl sites for hydroxylation is 2. The number of nitrogens with zero attached hydrogens (tertiary/aromatic N) is 1. The van der Waals surface area contributed by atoms with Gasteiger partial charge in [0, 0.05) is 23.6 Å². The summed E-state index contributed by atoms with van der Waals surface area (Å²) in [5.41, 5.74) is 10.6. The van der Waals surface area contributed by atoms with Gasteiger partial charge in [-0.05, 0) is 32.3 Å². The van der Waals surface area contributed by atoms with Gasteiger partial charge in [0.2, 0.25) is 0 Å². The second-order valence-corrected chi connectivity index (χ2v) is 5.73. The first kappa shape index (κ1) is 12.4. The maximum Gasteiger partial charge on any atom is 0.167 e. The van der Waals surface area contributed by atoms with Gasteiger partial charge in [0.25, 0.3) is 0 Å². The lowest BCUT2D eigenvalue weighted by molar-refractivity contribution is 0.234. The van der Waals surface area contributed by atoms with Crippen LogP contribution in [0.15, 0.2) is 28.8 Å². The molecule has 0 amide bonds. The average molecular weight is 256 g/mol. The summed E-state index contributed by atoms with van der Waals surface area (Å²) in [6, 6.07) is 8.45. The standard InChI is InChI=1S/C16H20N2O/c1-11-4-5-13(12(2)8-11)14-9-15(18-19-14)16(10-17)6-3-7-16/h4-5,8-9H,3,6-7,10,17H2,1-2H3. The van der Waals surface area contributed by atoms with Gasteiger partial charge in [-0.3, -0.25) is 0 Å². The third-order valence-corrected chi connectivity index (χ3v) is 4.40. The Bertz CT molecular complexity index is 591. The first-order chi connectivity index (χ1) is 9.14. The van der Waals surface area contributed by atoms with Crippen LogP contribution in [0.1, 0.15) is 36.1 Å². The van der Waals surface area contributed by atoms with Crippen molar-refractivity contribution in [3.05, 3.63) is 41.1 Å². The van der Waals surface area contributed by atoms with Crippen LogP contribution >= 0.6 is 0 Å². The maximum absolute atomic E-state index is 5.92. The lowest BCUT2D eigenvalue weighted by atomic mass is 9.66. The predicted octanol–water partition coefficient (Wildman–Crippen LogP) is 3.34. The highest BCUT2D eigenvalue weighted by Gasteiger charge is 2.40. The van der Waals surface area contributed by atoms with E-state index in [4.69, 9.17) is 10.3 Å². The molecule has 1 saturated carbocycles. The van der Waals surface area contributed by atoms with Gasteiger partial charge >= 0.3 is 0 Å². The Hall–Kier alpha value is -1.61. The SMILES string of the molecule is Cc1ccc(-c2cc(C3(CN)CCC3)no2)c(C)c1. The summed E-state index contributed by atoms with van der Waals surface area (Å²) in [5, 5.41) is 4.27. The number of nitrogens with two attached hydrogens (primary N) is 1. The molecule has 3 rings (SSSR count). The van der Waals surface area contributed by atoms with Gasteiger partial charge in [-0.2, -0.15) is 0 Å². The Balaban J connectivity index is 1.97. The molecule has 0 bridgehead atoms.